The van der Waals surface area contributed by atoms with Crippen LogP contribution in [0, 0.1) is 17.1 Å². The van der Waals surface area contributed by atoms with Crippen LogP contribution in [0.1, 0.15) is 49.4 Å². The van der Waals surface area contributed by atoms with Gasteiger partial charge in [-0.3, -0.25) is 0 Å². The number of rotatable bonds is 7. The van der Waals surface area contributed by atoms with Crippen LogP contribution in [-0.4, -0.2) is 33.3 Å². The molecule has 4 rings (SSSR count). The van der Waals surface area contributed by atoms with E-state index in [-0.39, 0.29) is 5.56 Å². The largest absolute Gasteiger partial charge is 0.481 e. The number of alkyl halides is 2. The zero-order valence-corrected chi connectivity index (χ0v) is 18.2. The van der Waals surface area contributed by atoms with E-state index in [4.69, 9.17) is 4.74 Å². The van der Waals surface area contributed by atoms with Crippen LogP contribution in [0.3, 0.4) is 0 Å². The molecule has 33 heavy (non-hydrogen) atoms. The summed E-state index contributed by atoms with van der Waals surface area (Å²) in [4.78, 5) is 12.8. The molecular formula is C23H22F3N5O2. The second kappa shape index (κ2) is 8.15. The topological polar surface area (TPSA) is 104 Å². The third-order valence-corrected chi connectivity index (χ3v) is 5.99. The van der Waals surface area contributed by atoms with E-state index in [9.17, 15) is 19.1 Å². The van der Waals surface area contributed by atoms with Crippen LogP contribution in [-0.2, 0) is 11.3 Å². The van der Waals surface area contributed by atoms with E-state index >= 15 is 4.39 Å². The summed E-state index contributed by atoms with van der Waals surface area (Å²) in [5, 5.41) is 22.6. The average molecular weight is 457 g/mol. The maximum Gasteiger partial charge on any atom is 0.301 e. The Morgan fingerprint density at radius 2 is 2.00 bits per heavy atom. The monoisotopic (exact) mass is 457 g/mol. The first-order chi connectivity index (χ1) is 15.6. The van der Waals surface area contributed by atoms with Crippen LogP contribution in [0.4, 0.5) is 19.0 Å². The fourth-order valence-corrected chi connectivity index (χ4v) is 3.80. The summed E-state index contributed by atoms with van der Waals surface area (Å²) in [5.74, 6) is -4.24. The van der Waals surface area contributed by atoms with Crippen molar-refractivity contribution in [3.63, 3.8) is 0 Å². The van der Waals surface area contributed by atoms with Gasteiger partial charge in [-0.2, -0.15) is 19.0 Å². The van der Waals surface area contributed by atoms with E-state index in [1.165, 1.54) is 25.6 Å². The first-order valence-corrected chi connectivity index (χ1v) is 10.4. The number of pyridine rings is 1. The third kappa shape index (κ3) is 3.82. The van der Waals surface area contributed by atoms with E-state index in [0.717, 1.165) is 13.0 Å². The van der Waals surface area contributed by atoms with Crippen molar-refractivity contribution in [3.05, 3.63) is 53.1 Å². The van der Waals surface area contributed by atoms with Crippen LogP contribution in [0.25, 0.3) is 11.0 Å². The van der Waals surface area contributed by atoms with Gasteiger partial charge in [0.2, 0.25) is 5.88 Å². The van der Waals surface area contributed by atoms with Crippen LogP contribution in [0.5, 0.6) is 5.88 Å². The zero-order chi connectivity index (χ0) is 24.0. The molecule has 0 aliphatic heterocycles. The minimum Gasteiger partial charge on any atom is -0.481 e. The first kappa shape index (κ1) is 22.7. The van der Waals surface area contributed by atoms with Gasteiger partial charge in [-0.1, -0.05) is 12.1 Å². The van der Waals surface area contributed by atoms with Crippen molar-refractivity contribution in [2.24, 2.45) is 0 Å². The van der Waals surface area contributed by atoms with Crippen molar-refractivity contribution in [1.29, 1.82) is 5.26 Å². The van der Waals surface area contributed by atoms with Gasteiger partial charge < -0.3 is 15.2 Å². The lowest BCUT2D eigenvalue weighted by Gasteiger charge is -2.23. The van der Waals surface area contributed by atoms with Crippen LogP contribution in [0.15, 0.2) is 30.6 Å². The molecule has 1 fully saturated rings. The van der Waals surface area contributed by atoms with Gasteiger partial charge in [-0.05, 0) is 38.8 Å². The van der Waals surface area contributed by atoms with E-state index in [0.29, 0.717) is 41.1 Å². The third-order valence-electron chi connectivity index (χ3n) is 5.99. The van der Waals surface area contributed by atoms with Gasteiger partial charge in [0, 0.05) is 11.1 Å². The quantitative estimate of drug-likeness (QED) is 0.543. The number of aliphatic hydroxyl groups excluding tert-OH is 1. The maximum absolute atomic E-state index is 15.0. The minimum atomic E-state index is -3.74. The number of nitriles is 1. The standard InChI is InChI=1S/C23H22F3N5O2/c1-12(14-5-4-6-16(18(14)24)23(25,26)13(2)32)30-19-15-9-17(22(10-27)7-8-22)21(33-3)31-20(15)29-11-28-19/h4-6,9,11-13,32H,7-8H2,1-3H3,(H,28,29,30,31)/t12-,13-/m1/s1. The Morgan fingerprint density at radius 3 is 2.61 bits per heavy atom. The normalized spacial score (nSPS) is 16.7. The highest BCUT2D eigenvalue weighted by Crippen LogP contribution is 2.51. The minimum absolute atomic E-state index is 0.0167. The molecule has 10 heteroatoms. The predicted molar refractivity (Wildman–Crippen MR) is 114 cm³/mol. The number of hydrogen-bond acceptors (Lipinski definition) is 7. The summed E-state index contributed by atoms with van der Waals surface area (Å²) in [6.07, 6.45) is 0.575. The van der Waals surface area contributed by atoms with E-state index < -0.39 is 34.9 Å². The van der Waals surface area contributed by atoms with Crippen LogP contribution < -0.4 is 10.1 Å². The molecule has 172 valence electrons. The Bertz CT molecular complexity index is 1250. The van der Waals surface area contributed by atoms with Crippen molar-refractivity contribution in [2.75, 3.05) is 12.4 Å². The van der Waals surface area contributed by atoms with Gasteiger partial charge in [0.15, 0.2) is 5.65 Å². The molecule has 0 radical (unpaired) electrons. The van der Waals surface area contributed by atoms with Crippen LogP contribution >= 0.6 is 0 Å². The van der Waals surface area contributed by atoms with Gasteiger partial charge in [-0.25, -0.2) is 14.4 Å². The van der Waals surface area contributed by atoms with Gasteiger partial charge >= 0.3 is 5.92 Å². The summed E-state index contributed by atoms with van der Waals surface area (Å²) in [6.45, 7) is 2.51. The van der Waals surface area contributed by atoms with Gasteiger partial charge in [0.05, 0.1) is 35.6 Å². The number of halogens is 3. The van der Waals surface area contributed by atoms with Gasteiger partial charge in [-0.15, -0.1) is 0 Å². The first-order valence-electron chi connectivity index (χ1n) is 10.4. The Balaban J connectivity index is 1.75. The lowest BCUT2D eigenvalue weighted by atomic mass is 9.97. The number of anilines is 1. The second-order valence-corrected chi connectivity index (χ2v) is 8.21. The SMILES string of the molecule is COc1nc2ncnc(N[C@H](C)c3cccc(C(F)(F)[C@@H](C)O)c3F)c2cc1C1(C#N)CC1. The molecule has 0 unspecified atom stereocenters. The number of methoxy groups -OCH3 is 1. The van der Waals surface area contributed by atoms with E-state index in [1.54, 1.807) is 13.0 Å². The summed E-state index contributed by atoms with van der Waals surface area (Å²) < 4.78 is 49.0. The molecule has 2 N–H and O–H groups in total. The molecule has 1 aliphatic rings. The lowest BCUT2D eigenvalue weighted by Crippen LogP contribution is -2.29. The Morgan fingerprint density at radius 1 is 1.27 bits per heavy atom. The molecule has 0 saturated heterocycles. The molecule has 0 amide bonds. The van der Waals surface area contributed by atoms with Gasteiger partial charge in [0.1, 0.15) is 24.1 Å². The number of ether oxygens (including phenoxy) is 1. The molecule has 2 aromatic heterocycles. The average Bonchev–Trinajstić information content (AvgIpc) is 3.59. The molecule has 0 bridgehead atoms. The Labute approximate surface area is 188 Å². The Hall–Kier alpha value is -3.45. The second-order valence-electron chi connectivity index (χ2n) is 8.21. The summed E-state index contributed by atoms with van der Waals surface area (Å²) in [6, 6.07) is 6.94. The fourth-order valence-electron chi connectivity index (χ4n) is 3.80. The summed E-state index contributed by atoms with van der Waals surface area (Å²) >= 11 is 0. The highest BCUT2D eigenvalue weighted by molar-refractivity contribution is 5.88. The smallest absolute Gasteiger partial charge is 0.301 e. The molecule has 1 aliphatic carbocycles. The molecular weight excluding hydrogens is 435 g/mol. The zero-order valence-electron chi connectivity index (χ0n) is 18.2. The number of hydrogen-bond donors (Lipinski definition) is 2. The Kier molecular flexibility index (Phi) is 5.62. The molecule has 1 aromatic carbocycles. The summed E-state index contributed by atoms with van der Waals surface area (Å²) in [5.41, 5.74) is -0.649. The number of nitrogens with zero attached hydrogens (tertiary/aromatic N) is 4. The summed E-state index contributed by atoms with van der Waals surface area (Å²) in [7, 11) is 1.46. The molecule has 3 aromatic rings. The van der Waals surface area contributed by atoms with Crippen molar-refractivity contribution >= 4 is 16.9 Å². The van der Waals surface area contributed by atoms with E-state index in [2.05, 4.69) is 26.3 Å². The molecule has 1 saturated carbocycles. The predicted octanol–water partition coefficient (Wildman–Crippen LogP) is 4.37. The fraction of sp³-hybridized carbons (Fsp3) is 0.391. The van der Waals surface area contributed by atoms with Crippen molar-refractivity contribution in [1.82, 2.24) is 15.0 Å². The molecule has 7 nitrogen and oxygen atoms in total. The molecule has 2 atom stereocenters. The molecule has 2 heterocycles. The van der Waals surface area contributed by atoms with Crippen molar-refractivity contribution in [2.45, 2.75) is 50.2 Å². The maximum atomic E-state index is 15.0. The highest BCUT2D eigenvalue weighted by Gasteiger charge is 2.48. The van der Waals surface area contributed by atoms with Crippen LogP contribution in [0.2, 0.25) is 0 Å². The number of aliphatic hydroxyl groups is 1. The molecule has 0 spiro atoms. The van der Waals surface area contributed by atoms with Crippen molar-refractivity contribution in [3.8, 4) is 11.9 Å². The van der Waals surface area contributed by atoms with Crippen molar-refractivity contribution < 1.29 is 23.0 Å². The van der Waals surface area contributed by atoms with Gasteiger partial charge in [0.25, 0.3) is 0 Å². The highest BCUT2D eigenvalue weighted by atomic mass is 19.3. The number of nitrogens with one attached hydrogen (secondary N) is 1. The van der Waals surface area contributed by atoms with E-state index in [1.807, 2.05) is 0 Å². The number of aromatic nitrogens is 3. The lowest BCUT2D eigenvalue weighted by molar-refractivity contribution is -0.108. The number of benzene rings is 1. The number of fused-ring (bicyclic) bond motifs is 1.